The Morgan fingerprint density at radius 1 is 1.41 bits per heavy atom. The van der Waals surface area contributed by atoms with Crippen LogP contribution in [0.2, 0.25) is 0 Å². The molecule has 0 aliphatic rings. The number of ether oxygens (including phenoxy) is 1. The van der Waals surface area contributed by atoms with Crippen molar-refractivity contribution >= 4 is 21.1 Å². The molecule has 92 valence electrons. The summed E-state index contributed by atoms with van der Waals surface area (Å²) in [7, 11) is -4.01. The number of hydrogen-bond acceptors (Lipinski definition) is 5. The van der Waals surface area contributed by atoms with E-state index in [2.05, 4.69) is 9.72 Å². The molecule has 2 rings (SSSR count). The second kappa shape index (κ2) is 3.93. The number of rotatable bonds is 3. The number of nitrogens with two attached hydrogens (primary N) is 1. The first-order valence-electron chi connectivity index (χ1n) is 4.25. The van der Waals surface area contributed by atoms with Crippen LogP contribution in [-0.4, -0.2) is 20.0 Å². The summed E-state index contributed by atoms with van der Waals surface area (Å²) < 4.78 is 54.9. The Kier molecular flexibility index (Phi) is 2.71. The average molecular weight is 264 g/mol. The van der Waals surface area contributed by atoms with Crippen molar-refractivity contribution in [2.24, 2.45) is 5.14 Å². The van der Waals surface area contributed by atoms with Crippen LogP contribution in [0.4, 0.5) is 8.78 Å². The number of benzene rings is 1. The lowest BCUT2D eigenvalue weighted by Crippen LogP contribution is -2.12. The second-order valence-corrected chi connectivity index (χ2v) is 4.54. The summed E-state index contributed by atoms with van der Waals surface area (Å²) in [6.07, 6.45) is -0.717. The van der Waals surface area contributed by atoms with Crippen LogP contribution in [0.1, 0.15) is 0 Å². The highest BCUT2D eigenvalue weighted by atomic mass is 32.2. The van der Waals surface area contributed by atoms with Gasteiger partial charge in [0, 0.05) is 0 Å². The molecule has 0 aliphatic carbocycles. The van der Waals surface area contributed by atoms with E-state index in [1.807, 2.05) is 0 Å². The molecule has 0 saturated carbocycles. The zero-order chi connectivity index (χ0) is 12.6. The minimum Gasteiger partial charge on any atom is -0.409 e. The Bertz CT molecular complexity index is 653. The van der Waals surface area contributed by atoms with E-state index < -0.39 is 22.7 Å². The predicted octanol–water partition coefficient (Wildman–Crippen LogP) is 1.08. The highest BCUT2D eigenvalue weighted by Gasteiger charge is 2.19. The van der Waals surface area contributed by atoms with Gasteiger partial charge >= 0.3 is 12.7 Å². The minimum absolute atomic E-state index is 0.00725. The fourth-order valence-electron chi connectivity index (χ4n) is 1.26. The van der Waals surface area contributed by atoms with Crippen LogP contribution in [0.15, 0.2) is 27.5 Å². The van der Waals surface area contributed by atoms with Gasteiger partial charge in [-0.3, -0.25) is 0 Å². The first-order chi connectivity index (χ1) is 7.88. The number of para-hydroxylation sites is 1. The maximum absolute atomic E-state index is 11.9. The van der Waals surface area contributed by atoms with E-state index in [1.165, 1.54) is 18.2 Å². The fraction of sp³-hybridized carbons (Fsp3) is 0.125. The van der Waals surface area contributed by atoms with Gasteiger partial charge in [-0.25, -0.2) is 13.6 Å². The molecule has 0 fully saturated rings. The van der Waals surface area contributed by atoms with E-state index in [1.54, 1.807) is 0 Å². The van der Waals surface area contributed by atoms with Gasteiger partial charge in [0.2, 0.25) is 10.0 Å². The number of primary sulfonamides is 1. The monoisotopic (exact) mass is 264 g/mol. The highest BCUT2D eigenvalue weighted by Crippen LogP contribution is 2.26. The number of halogens is 2. The van der Waals surface area contributed by atoms with Crippen molar-refractivity contribution in [2.75, 3.05) is 0 Å². The largest absolute Gasteiger partial charge is 0.409 e. The molecule has 0 aliphatic heterocycles. The molecule has 0 saturated heterocycles. The number of aromatic nitrogens is 1. The zero-order valence-corrected chi connectivity index (χ0v) is 8.95. The Labute approximate surface area is 94.0 Å². The lowest BCUT2D eigenvalue weighted by atomic mass is 10.3. The maximum Gasteiger partial charge on any atom is 0.399 e. The van der Waals surface area contributed by atoms with E-state index in [0.717, 1.165) is 0 Å². The zero-order valence-electron chi connectivity index (χ0n) is 8.13. The normalized spacial score (nSPS) is 12.2. The van der Waals surface area contributed by atoms with Crippen LogP contribution in [0, 0.1) is 0 Å². The highest BCUT2D eigenvalue weighted by molar-refractivity contribution is 7.89. The lowest BCUT2D eigenvalue weighted by Gasteiger charge is -1.96. The number of alkyl halides is 2. The van der Waals surface area contributed by atoms with Crippen LogP contribution in [-0.2, 0) is 10.0 Å². The van der Waals surface area contributed by atoms with Crippen molar-refractivity contribution in [3.63, 3.8) is 0 Å². The van der Waals surface area contributed by atoms with Gasteiger partial charge in [0.1, 0.15) is 10.4 Å². The number of oxazole rings is 1. The third kappa shape index (κ3) is 2.34. The molecule has 6 nitrogen and oxygen atoms in total. The number of hydrogen-bond donors (Lipinski definition) is 1. The van der Waals surface area contributed by atoms with E-state index in [0.29, 0.717) is 0 Å². The molecule has 0 amide bonds. The molecule has 0 unspecified atom stereocenters. The molecule has 0 bridgehead atoms. The van der Waals surface area contributed by atoms with Crippen molar-refractivity contribution in [1.29, 1.82) is 0 Å². The summed E-state index contributed by atoms with van der Waals surface area (Å²) >= 11 is 0. The summed E-state index contributed by atoms with van der Waals surface area (Å²) in [5.74, 6) is 0. The van der Waals surface area contributed by atoms with Crippen molar-refractivity contribution in [2.45, 2.75) is 11.5 Å². The van der Waals surface area contributed by atoms with Crippen LogP contribution in [0.25, 0.3) is 11.1 Å². The van der Waals surface area contributed by atoms with E-state index in [-0.39, 0.29) is 16.0 Å². The maximum atomic E-state index is 11.9. The van der Waals surface area contributed by atoms with Gasteiger partial charge in [-0.1, -0.05) is 6.07 Å². The van der Waals surface area contributed by atoms with Gasteiger partial charge in [-0.15, -0.1) is 0 Å². The van der Waals surface area contributed by atoms with Gasteiger partial charge in [-0.2, -0.15) is 13.8 Å². The number of sulfonamides is 1. The smallest absolute Gasteiger partial charge is 0.399 e. The Hall–Kier alpha value is -1.74. The summed E-state index contributed by atoms with van der Waals surface area (Å²) in [6.45, 7) is -3.11. The Balaban J connectivity index is 2.61. The quantitative estimate of drug-likeness (QED) is 0.894. The van der Waals surface area contributed by atoms with Gasteiger partial charge < -0.3 is 9.15 Å². The fourth-order valence-corrected chi connectivity index (χ4v) is 1.94. The standard InChI is InChI=1S/C8H6F2N2O4S/c9-7(10)16-8-12-6-4(15-8)2-1-3-5(6)17(11,13)14/h1-3,7H,(H2,11,13,14). The Morgan fingerprint density at radius 3 is 2.71 bits per heavy atom. The van der Waals surface area contributed by atoms with Gasteiger partial charge in [0.05, 0.1) is 0 Å². The SMILES string of the molecule is NS(=O)(=O)c1cccc2oc(OC(F)F)nc12. The minimum atomic E-state index is -4.01. The molecular weight excluding hydrogens is 258 g/mol. The number of nitrogens with zero attached hydrogens (tertiary/aromatic N) is 1. The predicted molar refractivity (Wildman–Crippen MR) is 52.0 cm³/mol. The molecule has 1 aromatic carbocycles. The van der Waals surface area contributed by atoms with Gasteiger partial charge in [0.25, 0.3) is 0 Å². The molecule has 0 atom stereocenters. The van der Waals surface area contributed by atoms with E-state index in [4.69, 9.17) is 9.56 Å². The van der Waals surface area contributed by atoms with Crippen LogP contribution in [0.5, 0.6) is 6.08 Å². The van der Waals surface area contributed by atoms with Crippen LogP contribution >= 0.6 is 0 Å². The van der Waals surface area contributed by atoms with Crippen molar-refractivity contribution in [1.82, 2.24) is 4.98 Å². The van der Waals surface area contributed by atoms with Gasteiger partial charge in [0.15, 0.2) is 5.58 Å². The third-order valence-electron chi connectivity index (χ3n) is 1.86. The summed E-state index contributed by atoms with van der Waals surface area (Å²) in [5.41, 5.74) is -0.155. The van der Waals surface area contributed by atoms with Crippen molar-refractivity contribution in [3.05, 3.63) is 18.2 Å². The van der Waals surface area contributed by atoms with Crippen LogP contribution < -0.4 is 9.88 Å². The van der Waals surface area contributed by atoms with Gasteiger partial charge in [-0.05, 0) is 12.1 Å². The molecule has 17 heavy (non-hydrogen) atoms. The molecule has 0 radical (unpaired) electrons. The number of fused-ring (bicyclic) bond motifs is 1. The van der Waals surface area contributed by atoms with Crippen molar-refractivity contribution < 1.29 is 26.4 Å². The topological polar surface area (TPSA) is 95.4 Å². The summed E-state index contributed by atoms with van der Waals surface area (Å²) in [4.78, 5) is 3.17. The molecule has 9 heteroatoms. The second-order valence-electron chi connectivity index (χ2n) is 3.01. The van der Waals surface area contributed by atoms with E-state index in [9.17, 15) is 17.2 Å². The first kappa shape index (κ1) is 11.7. The van der Waals surface area contributed by atoms with Crippen LogP contribution in [0.3, 0.4) is 0 Å². The lowest BCUT2D eigenvalue weighted by molar-refractivity contribution is -0.0664. The molecule has 1 heterocycles. The Morgan fingerprint density at radius 2 is 2.12 bits per heavy atom. The average Bonchev–Trinajstić information content (AvgIpc) is 2.55. The van der Waals surface area contributed by atoms with E-state index >= 15 is 0 Å². The molecule has 2 N–H and O–H groups in total. The molecular formula is C8H6F2N2O4S. The first-order valence-corrected chi connectivity index (χ1v) is 5.80. The molecule has 2 aromatic rings. The third-order valence-corrected chi connectivity index (χ3v) is 2.80. The molecule has 1 aromatic heterocycles. The summed E-state index contributed by atoms with van der Waals surface area (Å²) in [6, 6.07) is 3.89. The summed E-state index contributed by atoms with van der Waals surface area (Å²) in [5, 5.41) is 4.93. The van der Waals surface area contributed by atoms with Crippen molar-refractivity contribution in [3.8, 4) is 6.08 Å². The molecule has 0 spiro atoms.